The Bertz CT molecular complexity index is 174. The van der Waals surface area contributed by atoms with Gasteiger partial charge in [0.25, 0.3) is 0 Å². The first kappa shape index (κ1) is 13.7. The van der Waals surface area contributed by atoms with Crippen LogP contribution in [0.3, 0.4) is 0 Å². The number of aliphatic hydroxyl groups excluding tert-OH is 1. The van der Waals surface area contributed by atoms with E-state index in [9.17, 15) is 5.11 Å². The van der Waals surface area contributed by atoms with E-state index in [1.165, 1.54) is 12.0 Å². The van der Waals surface area contributed by atoms with Crippen molar-refractivity contribution in [3.63, 3.8) is 0 Å². The summed E-state index contributed by atoms with van der Waals surface area (Å²) < 4.78 is 0. The minimum absolute atomic E-state index is 0.200. The topological polar surface area (TPSA) is 20.2 Å². The number of rotatable bonds is 5. The van der Waals surface area contributed by atoms with Crippen molar-refractivity contribution in [1.29, 1.82) is 0 Å². The van der Waals surface area contributed by atoms with Gasteiger partial charge in [-0.2, -0.15) is 0 Å². The van der Waals surface area contributed by atoms with Crippen molar-refractivity contribution in [3.05, 3.63) is 12.2 Å². The summed E-state index contributed by atoms with van der Waals surface area (Å²) in [7, 11) is 0. The first-order valence-corrected chi connectivity index (χ1v) is 5.58. The van der Waals surface area contributed by atoms with Crippen LogP contribution in [0, 0.1) is 11.3 Å². The second-order valence-corrected chi connectivity index (χ2v) is 5.71. The van der Waals surface area contributed by atoms with Crippen molar-refractivity contribution in [2.24, 2.45) is 11.3 Å². The molecule has 1 nitrogen and oxygen atoms in total. The highest BCUT2D eigenvalue weighted by atomic mass is 16.3. The SMILES string of the molecule is C=C(CCC(C)O)C(C)CC(C)(C)C. The lowest BCUT2D eigenvalue weighted by Gasteiger charge is -2.25. The molecule has 0 heterocycles. The van der Waals surface area contributed by atoms with E-state index < -0.39 is 0 Å². The molecule has 0 bridgehead atoms. The minimum atomic E-state index is -0.200. The Morgan fingerprint density at radius 1 is 1.29 bits per heavy atom. The Labute approximate surface area is 89.2 Å². The van der Waals surface area contributed by atoms with Gasteiger partial charge in [-0.05, 0) is 37.5 Å². The summed E-state index contributed by atoms with van der Waals surface area (Å²) in [5, 5.41) is 9.17. The van der Waals surface area contributed by atoms with Gasteiger partial charge >= 0.3 is 0 Å². The third-order valence-corrected chi connectivity index (χ3v) is 2.50. The summed E-state index contributed by atoms with van der Waals surface area (Å²) in [5.41, 5.74) is 1.65. The molecule has 0 aliphatic carbocycles. The molecule has 2 unspecified atom stereocenters. The van der Waals surface area contributed by atoms with Crippen LogP contribution in [0.25, 0.3) is 0 Å². The maximum absolute atomic E-state index is 9.17. The molecule has 0 aliphatic heterocycles. The van der Waals surface area contributed by atoms with Crippen LogP contribution >= 0.6 is 0 Å². The van der Waals surface area contributed by atoms with Crippen molar-refractivity contribution < 1.29 is 5.11 Å². The van der Waals surface area contributed by atoms with E-state index in [1.807, 2.05) is 6.92 Å². The molecule has 0 aromatic rings. The van der Waals surface area contributed by atoms with Crippen molar-refractivity contribution in [2.75, 3.05) is 0 Å². The van der Waals surface area contributed by atoms with Crippen molar-refractivity contribution >= 4 is 0 Å². The van der Waals surface area contributed by atoms with Gasteiger partial charge in [0.2, 0.25) is 0 Å². The third kappa shape index (κ3) is 7.14. The molecule has 0 fully saturated rings. The van der Waals surface area contributed by atoms with Gasteiger partial charge in [-0.25, -0.2) is 0 Å². The van der Waals surface area contributed by atoms with Crippen LogP contribution in [-0.2, 0) is 0 Å². The molecule has 0 spiro atoms. The van der Waals surface area contributed by atoms with Gasteiger partial charge in [-0.15, -0.1) is 0 Å². The number of hydrogen-bond donors (Lipinski definition) is 1. The Kier molecular flexibility index (Phi) is 5.43. The lowest BCUT2D eigenvalue weighted by atomic mass is 9.81. The maximum Gasteiger partial charge on any atom is 0.0515 e. The van der Waals surface area contributed by atoms with E-state index in [0.717, 1.165) is 12.8 Å². The molecule has 0 radical (unpaired) electrons. The van der Waals surface area contributed by atoms with E-state index in [0.29, 0.717) is 11.3 Å². The summed E-state index contributed by atoms with van der Waals surface area (Å²) in [5.74, 6) is 0.564. The normalized spacial score (nSPS) is 16.4. The monoisotopic (exact) mass is 198 g/mol. The minimum Gasteiger partial charge on any atom is -0.393 e. The third-order valence-electron chi connectivity index (χ3n) is 2.50. The predicted octanol–water partition coefficient (Wildman–Crippen LogP) is 3.78. The summed E-state index contributed by atoms with van der Waals surface area (Å²) in [6, 6.07) is 0. The lowest BCUT2D eigenvalue weighted by Crippen LogP contribution is -2.13. The Morgan fingerprint density at radius 2 is 1.79 bits per heavy atom. The predicted molar refractivity (Wildman–Crippen MR) is 63.3 cm³/mol. The summed E-state index contributed by atoms with van der Waals surface area (Å²) in [6.07, 6.45) is 2.77. The molecule has 1 N–H and O–H groups in total. The molecule has 0 rings (SSSR count). The fraction of sp³-hybridized carbons (Fsp3) is 0.846. The van der Waals surface area contributed by atoms with E-state index in [1.54, 1.807) is 0 Å². The molecule has 14 heavy (non-hydrogen) atoms. The van der Waals surface area contributed by atoms with Crippen LogP contribution in [0.4, 0.5) is 0 Å². The van der Waals surface area contributed by atoms with E-state index in [-0.39, 0.29) is 6.10 Å². The number of aliphatic hydroxyl groups is 1. The van der Waals surface area contributed by atoms with Gasteiger partial charge in [0.05, 0.1) is 6.10 Å². The Balaban J connectivity index is 3.88. The van der Waals surface area contributed by atoms with Crippen LogP contribution < -0.4 is 0 Å². The highest BCUT2D eigenvalue weighted by Gasteiger charge is 2.17. The van der Waals surface area contributed by atoms with Gasteiger partial charge < -0.3 is 5.11 Å². The molecule has 84 valence electrons. The fourth-order valence-corrected chi connectivity index (χ4v) is 1.70. The van der Waals surface area contributed by atoms with Crippen LogP contribution in [0.2, 0.25) is 0 Å². The van der Waals surface area contributed by atoms with Gasteiger partial charge in [0, 0.05) is 0 Å². The Morgan fingerprint density at radius 3 is 2.14 bits per heavy atom. The molecule has 0 saturated carbocycles. The average molecular weight is 198 g/mol. The second-order valence-electron chi connectivity index (χ2n) is 5.71. The number of allylic oxidation sites excluding steroid dienone is 1. The highest BCUT2D eigenvalue weighted by Crippen LogP contribution is 2.29. The van der Waals surface area contributed by atoms with Crippen molar-refractivity contribution in [2.45, 2.75) is 60.0 Å². The fourth-order valence-electron chi connectivity index (χ4n) is 1.70. The first-order valence-electron chi connectivity index (χ1n) is 5.58. The van der Waals surface area contributed by atoms with Crippen LogP contribution in [0.15, 0.2) is 12.2 Å². The zero-order chi connectivity index (χ0) is 11.4. The maximum atomic E-state index is 9.17. The first-order chi connectivity index (χ1) is 6.22. The Hall–Kier alpha value is -0.300. The van der Waals surface area contributed by atoms with Crippen LogP contribution in [0.5, 0.6) is 0 Å². The van der Waals surface area contributed by atoms with Crippen molar-refractivity contribution in [3.8, 4) is 0 Å². The van der Waals surface area contributed by atoms with E-state index in [4.69, 9.17) is 0 Å². The van der Waals surface area contributed by atoms with Crippen LogP contribution in [0.1, 0.15) is 53.9 Å². The second kappa shape index (κ2) is 5.55. The standard InChI is InChI=1S/C13H26O/c1-10(7-8-12(3)14)11(2)9-13(4,5)6/h11-12,14H,1,7-9H2,2-6H3. The van der Waals surface area contributed by atoms with Gasteiger partial charge in [-0.1, -0.05) is 39.8 Å². The zero-order valence-electron chi connectivity index (χ0n) is 10.4. The molecule has 0 aliphatic rings. The molecular weight excluding hydrogens is 172 g/mol. The van der Waals surface area contributed by atoms with Crippen molar-refractivity contribution in [1.82, 2.24) is 0 Å². The smallest absolute Gasteiger partial charge is 0.0515 e. The molecule has 0 amide bonds. The summed E-state index contributed by atoms with van der Waals surface area (Å²) in [6.45, 7) is 14.9. The van der Waals surface area contributed by atoms with Gasteiger partial charge in [-0.3, -0.25) is 0 Å². The average Bonchev–Trinajstić information content (AvgIpc) is 1.96. The molecule has 0 aromatic carbocycles. The summed E-state index contributed by atoms with van der Waals surface area (Å²) in [4.78, 5) is 0. The zero-order valence-corrected chi connectivity index (χ0v) is 10.4. The van der Waals surface area contributed by atoms with E-state index >= 15 is 0 Å². The summed E-state index contributed by atoms with van der Waals surface area (Å²) >= 11 is 0. The molecule has 2 atom stereocenters. The number of hydrogen-bond acceptors (Lipinski definition) is 1. The molecular formula is C13H26O. The molecule has 0 saturated heterocycles. The largest absolute Gasteiger partial charge is 0.393 e. The quantitative estimate of drug-likeness (QED) is 0.667. The molecule has 1 heteroatoms. The lowest BCUT2D eigenvalue weighted by molar-refractivity contribution is 0.183. The van der Waals surface area contributed by atoms with E-state index in [2.05, 4.69) is 34.3 Å². The highest BCUT2D eigenvalue weighted by molar-refractivity contribution is 5.00. The van der Waals surface area contributed by atoms with Gasteiger partial charge in [0.1, 0.15) is 0 Å². The van der Waals surface area contributed by atoms with Crippen LogP contribution in [-0.4, -0.2) is 11.2 Å². The molecule has 0 aromatic heterocycles. The van der Waals surface area contributed by atoms with Gasteiger partial charge in [0.15, 0.2) is 0 Å².